The predicted molar refractivity (Wildman–Crippen MR) is 130 cm³/mol. The Bertz CT molecular complexity index is 1290. The molecule has 0 radical (unpaired) electrons. The molecule has 1 aliphatic rings. The van der Waals surface area contributed by atoms with Gasteiger partial charge in [-0.15, -0.1) is 0 Å². The maximum absolute atomic E-state index is 6.07. The van der Waals surface area contributed by atoms with E-state index in [4.69, 9.17) is 4.74 Å². The first kappa shape index (κ1) is 19.6. The maximum atomic E-state index is 6.07. The van der Waals surface area contributed by atoms with Crippen LogP contribution in [0.25, 0.3) is 27.4 Å². The van der Waals surface area contributed by atoms with Crippen molar-refractivity contribution in [3.05, 3.63) is 95.8 Å². The third-order valence-electron chi connectivity index (χ3n) is 5.58. The third kappa shape index (κ3) is 3.53. The minimum atomic E-state index is 0.870. The molecule has 4 heteroatoms. The molecule has 0 saturated carbocycles. The number of benzene rings is 3. The molecule has 5 rings (SSSR count). The minimum Gasteiger partial charge on any atom is -0.439 e. The molecule has 0 N–H and O–H groups in total. The lowest BCUT2D eigenvalue weighted by Crippen LogP contribution is -2.33. The highest BCUT2D eigenvalue weighted by Crippen LogP contribution is 2.38. The van der Waals surface area contributed by atoms with E-state index < -0.39 is 0 Å². The van der Waals surface area contributed by atoms with Gasteiger partial charge >= 0.3 is 0 Å². The van der Waals surface area contributed by atoms with Crippen LogP contribution in [0.4, 0.5) is 5.69 Å². The van der Waals surface area contributed by atoms with Gasteiger partial charge in [0.1, 0.15) is 11.2 Å². The lowest BCUT2D eigenvalue weighted by Gasteiger charge is -2.14. The summed E-state index contributed by atoms with van der Waals surface area (Å²) in [7, 11) is 0. The quantitative estimate of drug-likeness (QED) is 0.333. The van der Waals surface area contributed by atoms with Crippen LogP contribution < -0.4 is 14.2 Å². The zero-order valence-corrected chi connectivity index (χ0v) is 18.6. The summed E-state index contributed by atoms with van der Waals surface area (Å²) in [6.45, 7) is 6.14. The van der Waals surface area contributed by atoms with Gasteiger partial charge in [0.25, 0.3) is 5.01 Å². The smallest absolute Gasteiger partial charge is 0.262 e. The van der Waals surface area contributed by atoms with Crippen LogP contribution in [-0.4, -0.2) is 6.54 Å². The van der Waals surface area contributed by atoms with E-state index in [1.165, 1.54) is 26.4 Å². The first-order valence-corrected chi connectivity index (χ1v) is 11.6. The van der Waals surface area contributed by atoms with Crippen molar-refractivity contribution < 1.29 is 9.30 Å². The fourth-order valence-electron chi connectivity index (χ4n) is 4.17. The highest BCUT2D eigenvalue weighted by Gasteiger charge is 2.24. The van der Waals surface area contributed by atoms with Crippen molar-refractivity contribution in [3.63, 3.8) is 0 Å². The molecule has 3 nitrogen and oxygen atoms in total. The van der Waals surface area contributed by atoms with Gasteiger partial charge in [-0.1, -0.05) is 59.9 Å². The van der Waals surface area contributed by atoms with Crippen LogP contribution in [0.15, 0.2) is 90.8 Å². The van der Waals surface area contributed by atoms with Crippen molar-refractivity contribution in [2.24, 2.45) is 0 Å². The highest BCUT2D eigenvalue weighted by atomic mass is 32.1. The van der Waals surface area contributed by atoms with Crippen molar-refractivity contribution in [2.45, 2.75) is 20.4 Å². The van der Waals surface area contributed by atoms with Crippen molar-refractivity contribution >= 4 is 33.3 Å². The Kier molecular flexibility index (Phi) is 5.31. The Morgan fingerprint density at radius 3 is 2.55 bits per heavy atom. The predicted octanol–water partition coefficient (Wildman–Crippen LogP) is 6.65. The molecule has 3 aromatic carbocycles. The largest absolute Gasteiger partial charge is 0.439 e. The van der Waals surface area contributed by atoms with Crippen LogP contribution in [0.1, 0.15) is 18.9 Å². The standard InChI is InChI=1S/C27H25N2OS/c1-3-28-22-15-8-9-16-23(22)30-25(28)18-11-19-26-29(4-2)27-21(14-10-17-24(27)31-26)20-12-6-5-7-13-20/h5-19H,3-4H2,1-2H3/q+1. The number of anilines is 1. The zero-order chi connectivity index (χ0) is 21.2. The molecular weight excluding hydrogens is 400 g/mol. The molecule has 0 atom stereocenters. The first-order chi connectivity index (χ1) is 15.3. The lowest BCUT2D eigenvalue weighted by atomic mass is 10.0. The summed E-state index contributed by atoms with van der Waals surface area (Å²) in [4.78, 5) is 2.20. The Balaban J connectivity index is 1.52. The van der Waals surface area contributed by atoms with Gasteiger partial charge in [0.2, 0.25) is 11.4 Å². The molecule has 0 amide bonds. The zero-order valence-electron chi connectivity index (χ0n) is 17.8. The van der Waals surface area contributed by atoms with E-state index >= 15 is 0 Å². The topological polar surface area (TPSA) is 16.4 Å². The second kappa shape index (κ2) is 8.40. The average molecular weight is 426 g/mol. The van der Waals surface area contributed by atoms with Gasteiger partial charge in [-0.25, -0.2) is 0 Å². The number of aryl methyl sites for hydroxylation is 1. The van der Waals surface area contributed by atoms with Gasteiger partial charge in [-0.2, -0.15) is 4.57 Å². The van der Waals surface area contributed by atoms with Crippen LogP contribution in [0, 0.1) is 0 Å². The van der Waals surface area contributed by atoms with Crippen LogP contribution in [0.2, 0.25) is 0 Å². The molecule has 0 unspecified atom stereocenters. The molecule has 1 aliphatic heterocycles. The second-order valence-corrected chi connectivity index (χ2v) is 8.44. The van der Waals surface area contributed by atoms with Crippen molar-refractivity contribution in [1.29, 1.82) is 0 Å². The van der Waals surface area contributed by atoms with Crippen molar-refractivity contribution in [3.8, 4) is 16.9 Å². The summed E-state index contributed by atoms with van der Waals surface area (Å²) in [5.74, 6) is 1.79. The van der Waals surface area contributed by atoms with Crippen LogP contribution >= 0.6 is 11.3 Å². The molecule has 2 heterocycles. The molecule has 1 aromatic heterocycles. The Labute approximate surface area is 187 Å². The molecule has 0 fully saturated rings. The van der Waals surface area contributed by atoms with E-state index in [0.29, 0.717) is 0 Å². The molecule has 154 valence electrons. The molecule has 31 heavy (non-hydrogen) atoms. The summed E-state index contributed by atoms with van der Waals surface area (Å²) in [5, 5.41) is 1.23. The first-order valence-electron chi connectivity index (χ1n) is 10.7. The Morgan fingerprint density at radius 1 is 0.935 bits per heavy atom. The number of para-hydroxylation sites is 3. The fourth-order valence-corrected chi connectivity index (χ4v) is 5.33. The summed E-state index contributed by atoms with van der Waals surface area (Å²) < 4.78 is 9.78. The molecule has 0 spiro atoms. The molecule has 4 aromatic rings. The van der Waals surface area contributed by atoms with E-state index in [0.717, 1.165) is 30.4 Å². The van der Waals surface area contributed by atoms with Gasteiger partial charge in [-0.3, -0.25) is 0 Å². The molecular formula is C27H25N2OS+. The van der Waals surface area contributed by atoms with Crippen LogP contribution in [-0.2, 0) is 6.54 Å². The number of hydrogen-bond acceptors (Lipinski definition) is 3. The summed E-state index contributed by atoms with van der Waals surface area (Å²) >= 11 is 1.83. The van der Waals surface area contributed by atoms with Gasteiger partial charge in [0.15, 0.2) is 5.75 Å². The van der Waals surface area contributed by atoms with E-state index in [9.17, 15) is 0 Å². The minimum absolute atomic E-state index is 0.870. The maximum Gasteiger partial charge on any atom is 0.262 e. The highest BCUT2D eigenvalue weighted by molar-refractivity contribution is 7.18. The van der Waals surface area contributed by atoms with Crippen LogP contribution in [0.5, 0.6) is 5.75 Å². The van der Waals surface area contributed by atoms with E-state index in [-0.39, 0.29) is 0 Å². The molecule has 0 aliphatic carbocycles. The normalized spacial score (nSPS) is 14.5. The Morgan fingerprint density at radius 2 is 1.74 bits per heavy atom. The summed E-state index contributed by atoms with van der Waals surface area (Å²) in [5.41, 5.74) is 4.96. The van der Waals surface area contributed by atoms with Gasteiger partial charge < -0.3 is 9.64 Å². The van der Waals surface area contributed by atoms with Crippen molar-refractivity contribution in [1.82, 2.24) is 0 Å². The third-order valence-corrected chi connectivity index (χ3v) is 6.70. The molecule has 0 saturated heterocycles. The number of hydrogen-bond donors (Lipinski definition) is 0. The average Bonchev–Trinajstić information content (AvgIpc) is 3.36. The number of ether oxygens (including phenoxy) is 1. The van der Waals surface area contributed by atoms with E-state index in [1.807, 2.05) is 23.5 Å². The van der Waals surface area contributed by atoms with E-state index in [1.54, 1.807) is 0 Å². The molecule has 0 bridgehead atoms. The summed E-state index contributed by atoms with van der Waals surface area (Å²) in [6.07, 6.45) is 6.35. The number of fused-ring (bicyclic) bond motifs is 2. The van der Waals surface area contributed by atoms with Gasteiger partial charge in [-0.05, 0) is 55.8 Å². The number of rotatable bonds is 5. The lowest BCUT2D eigenvalue weighted by molar-refractivity contribution is -0.664. The number of nitrogens with zero attached hydrogens (tertiary/aromatic N) is 2. The number of allylic oxidation sites excluding steroid dienone is 2. The monoisotopic (exact) mass is 425 g/mol. The second-order valence-electron chi connectivity index (χ2n) is 7.38. The van der Waals surface area contributed by atoms with E-state index in [2.05, 4.69) is 102 Å². The summed E-state index contributed by atoms with van der Waals surface area (Å²) in [6, 6.07) is 25.4. The number of thiazole rings is 1. The van der Waals surface area contributed by atoms with Gasteiger partial charge in [0.05, 0.1) is 11.3 Å². The fraction of sp³-hybridized carbons (Fsp3) is 0.148. The van der Waals surface area contributed by atoms with Gasteiger partial charge in [0, 0.05) is 12.6 Å². The van der Waals surface area contributed by atoms with Crippen LogP contribution in [0.3, 0.4) is 0 Å². The number of aromatic nitrogens is 1. The Hall–Kier alpha value is -3.37. The van der Waals surface area contributed by atoms with Crippen molar-refractivity contribution in [2.75, 3.05) is 11.4 Å². The SMILES string of the molecule is CCN1/C(=C/C=C/c2sc3cccc(-c4ccccc4)c3[n+]2CC)Oc2ccccc21.